The van der Waals surface area contributed by atoms with Crippen molar-refractivity contribution in [3.05, 3.63) is 68.9 Å². The second-order valence-electron chi connectivity index (χ2n) is 4.98. The van der Waals surface area contributed by atoms with E-state index < -0.39 is 0 Å². The molecule has 0 aliphatic heterocycles. The fourth-order valence-corrected chi connectivity index (χ4v) is 3.66. The molecule has 0 unspecified atom stereocenters. The molecule has 1 aromatic heterocycles. The summed E-state index contributed by atoms with van der Waals surface area (Å²) < 4.78 is 12.4. The molecule has 3 rings (SSSR count). The maximum Gasteiger partial charge on any atom is 0.258 e. The van der Waals surface area contributed by atoms with Crippen LogP contribution in [0.5, 0.6) is 11.5 Å². The van der Waals surface area contributed by atoms with Gasteiger partial charge in [-0.2, -0.15) is 0 Å². The molecule has 0 N–H and O–H groups in total. The molecule has 0 spiro atoms. The average Bonchev–Trinajstić information content (AvgIpc) is 2.61. The standard InChI is InChI=1S/C18H15NO3S2/c1-21-14-8-6-13(7-9-14)19-17(20)11-16(24-18(19)23)12-4-3-5-15(10-12)22-2/h3-11H,1-2H3. The van der Waals surface area contributed by atoms with E-state index in [1.807, 2.05) is 36.4 Å². The predicted octanol–water partition coefficient (Wildman–Crippen LogP) is 4.31. The van der Waals surface area contributed by atoms with E-state index in [0.717, 1.165) is 27.6 Å². The van der Waals surface area contributed by atoms with Gasteiger partial charge in [-0.05, 0) is 54.2 Å². The molecule has 24 heavy (non-hydrogen) atoms. The van der Waals surface area contributed by atoms with Crippen molar-refractivity contribution in [2.45, 2.75) is 0 Å². The maximum atomic E-state index is 12.6. The topological polar surface area (TPSA) is 40.5 Å². The Hall–Kier alpha value is -2.44. The quantitative estimate of drug-likeness (QED) is 0.652. The number of benzene rings is 2. The largest absolute Gasteiger partial charge is 0.497 e. The van der Waals surface area contributed by atoms with Crippen LogP contribution in [0.3, 0.4) is 0 Å². The highest BCUT2D eigenvalue weighted by atomic mass is 32.1. The van der Waals surface area contributed by atoms with Crippen molar-refractivity contribution in [1.82, 2.24) is 4.57 Å². The molecule has 0 amide bonds. The Kier molecular flexibility index (Phi) is 4.78. The van der Waals surface area contributed by atoms with Crippen molar-refractivity contribution in [1.29, 1.82) is 0 Å². The van der Waals surface area contributed by atoms with Crippen LogP contribution >= 0.6 is 23.6 Å². The first-order valence-corrected chi connectivity index (χ1v) is 8.41. The van der Waals surface area contributed by atoms with E-state index in [1.165, 1.54) is 15.9 Å². The highest BCUT2D eigenvalue weighted by molar-refractivity contribution is 7.73. The van der Waals surface area contributed by atoms with E-state index in [2.05, 4.69) is 0 Å². The smallest absolute Gasteiger partial charge is 0.258 e. The van der Waals surface area contributed by atoms with E-state index in [-0.39, 0.29) is 5.56 Å². The fourth-order valence-electron chi connectivity index (χ4n) is 2.32. The third kappa shape index (κ3) is 3.25. The van der Waals surface area contributed by atoms with Crippen LogP contribution in [-0.2, 0) is 0 Å². The summed E-state index contributed by atoms with van der Waals surface area (Å²) >= 11 is 6.84. The van der Waals surface area contributed by atoms with Crippen LogP contribution in [0.1, 0.15) is 0 Å². The van der Waals surface area contributed by atoms with Gasteiger partial charge in [-0.25, -0.2) is 0 Å². The molecule has 0 fully saturated rings. The Morgan fingerprint density at radius 2 is 1.67 bits per heavy atom. The minimum Gasteiger partial charge on any atom is -0.497 e. The first-order valence-electron chi connectivity index (χ1n) is 7.18. The van der Waals surface area contributed by atoms with Crippen molar-refractivity contribution < 1.29 is 9.47 Å². The lowest BCUT2D eigenvalue weighted by Gasteiger charge is -2.09. The summed E-state index contributed by atoms with van der Waals surface area (Å²) in [5.74, 6) is 1.47. The van der Waals surface area contributed by atoms with Gasteiger partial charge >= 0.3 is 0 Å². The van der Waals surface area contributed by atoms with Gasteiger partial charge in [0.2, 0.25) is 0 Å². The summed E-state index contributed by atoms with van der Waals surface area (Å²) in [6, 6.07) is 16.4. The number of ether oxygens (including phenoxy) is 2. The van der Waals surface area contributed by atoms with Gasteiger partial charge in [-0.3, -0.25) is 9.36 Å². The lowest BCUT2D eigenvalue weighted by Crippen LogP contribution is -2.17. The van der Waals surface area contributed by atoms with Gasteiger partial charge in [0.1, 0.15) is 11.5 Å². The van der Waals surface area contributed by atoms with Gasteiger partial charge in [-0.1, -0.05) is 12.1 Å². The molecule has 0 saturated carbocycles. The Labute approximate surface area is 148 Å². The summed E-state index contributed by atoms with van der Waals surface area (Å²) in [4.78, 5) is 13.4. The summed E-state index contributed by atoms with van der Waals surface area (Å²) in [6.45, 7) is 0. The zero-order valence-corrected chi connectivity index (χ0v) is 14.8. The maximum absolute atomic E-state index is 12.6. The Balaban J connectivity index is 2.08. The molecule has 0 saturated heterocycles. The molecule has 3 aromatic rings. The minimum atomic E-state index is -0.165. The number of hydrogen-bond donors (Lipinski definition) is 0. The third-order valence-electron chi connectivity index (χ3n) is 3.54. The van der Waals surface area contributed by atoms with E-state index in [9.17, 15) is 4.79 Å². The number of hydrogen-bond acceptors (Lipinski definition) is 5. The molecule has 0 aliphatic rings. The monoisotopic (exact) mass is 357 g/mol. The van der Waals surface area contributed by atoms with Crippen LogP contribution in [0.25, 0.3) is 16.1 Å². The van der Waals surface area contributed by atoms with E-state index in [4.69, 9.17) is 21.7 Å². The van der Waals surface area contributed by atoms with Crippen LogP contribution < -0.4 is 15.0 Å². The lowest BCUT2D eigenvalue weighted by molar-refractivity contribution is 0.414. The fraction of sp³-hybridized carbons (Fsp3) is 0.111. The Morgan fingerprint density at radius 1 is 0.958 bits per heavy atom. The highest BCUT2D eigenvalue weighted by Gasteiger charge is 2.08. The second-order valence-corrected chi connectivity index (χ2v) is 6.66. The van der Waals surface area contributed by atoms with Gasteiger partial charge < -0.3 is 9.47 Å². The average molecular weight is 357 g/mol. The minimum absolute atomic E-state index is 0.165. The Bertz CT molecular complexity index is 943. The molecule has 6 heteroatoms. The van der Waals surface area contributed by atoms with Crippen LogP contribution in [0.4, 0.5) is 0 Å². The van der Waals surface area contributed by atoms with Gasteiger partial charge in [0.05, 0.1) is 19.9 Å². The van der Waals surface area contributed by atoms with Crippen molar-refractivity contribution >= 4 is 23.6 Å². The molecule has 0 radical (unpaired) electrons. The number of aromatic nitrogens is 1. The summed E-state index contributed by atoms with van der Waals surface area (Å²) in [5, 5.41) is 0. The molecule has 4 nitrogen and oxygen atoms in total. The summed E-state index contributed by atoms with van der Waals surface area (Å²) in [5.41, 5.74) is 1.46. The first kappa shape index (κ1) is 16.4. The molecule has 0 aliphatic carbocycles. The van der Waals surface area contributed by atoms with Crippen LogP contribution in [0.15, 0.2) is 59.4 Å². The molecule has 0 bridgehead atoms. The highest BCUT2D eigenvalue weighted by Crippen LogP contribution is 2.27. The number of nitrogens with zero attached hydrogens (tertiary/aromatic N) is 1. The van der Waals surface area contributed by atoms with E-state index in [0.29, 0.717) is 3.95 Å². The Morgan fingerprint density at radius 3 is 2.29 bits per heavy atom. The molecule has 2 aromatic carbocycles. The van der Waals surface area contributed by atoms with Crippen LogP contribution in [0.2, 0.25) is 0 Å². The van der Waals surface area contributed by atoms with Gasteiger partial charge in [0.15, 0.2) is 3.95 Å². The van der Waals surface area contributed by atoms with Gasteiger partial charge in [0.25, 0.3) is 5.56 Å². The van der Waals surface area contributed by atoms with Crippen molar-refractivity contribution in [3.63, 3.8) is 0 Å². The van der Waals surface area contributed by atoms with Gasteiger partial charge in [-0.15, -0.1) is 11.3 Å². The molecule has 0 atom stereocenters. The zero-order valence-electron chi connectivity index (χ0n) is 13.2. The molecular formula is C18H15NO3S2. The van der Waals surface area contributed by atoms with Crippen molar-refractivity contribution in [2.24, 2.45) is 0 Å². The predicted molar refractivity (Wildman–Crippen MR) is 99.3 cm³/mol. The first-order chi connectivity index (χ1) is 11.6. The van der Waals surface area contributed by atoms with E-state index in [1.54, 1.807) is 32.4 Å². The van der Waals surface area contributed by atoms with Crippen molar-refractivity contribution in [3.8, 4) is 27.6 Å². The normalized spacial score (nSPS) is 10.4. The third-order valence-corrected chi connectivity index (χ3v) is 4.90. The SMILES string of the molecule is COc1ccc(-n2c(=O)cc(-c3cccc(OC)c3)sc2=S)cc1. The zero-order chi connectivity index (χ0) is 17.1. The van der Waals surface area contributed by atoms with Crippen molar-refractivity contribution in [2.75, 3.05) is 14.2 Å². The summed E-state index contributed by atoms with van der Waals surface area (Å²) in [6.07, 6.45) is 0. The van der Waals surface area contributed by atoms with Crippen LogP contribution in [0, 0.1) is 3.95 Å². The number of methoxy groups -OCH3 is 2. The summed E-state index contributed by atoms with van der Waals surface area (Å²) in [7, 11) is 3.22. The lowest BCUT2D eigenvalue weighted by atomic mass is 10.2. The second kappa shape index (κ2) is 6.98. The molecular weight excluding hydrogens is 342 g/mol. The molecule has 1 heterocycles. The van der Waals surface area contributed by atoms with Crippen LogP contribution in [-0.4, -0.2) is 18.8 Å². The molecule has 122 valence electrons. The van der Waals surface area contributed by atoms with E-state index >= 15 is 0 Å². The number of rotatable bonds is 4. The van der Waals surface area contributed by atoms with Gasteiger partial charge in [0, 0.05) is 10.9 Å².